The van der Waals surface area contributed by atoms with Crippen LogP contribution in [-0.4, -0.2) is 23.6 Å². The van der Waals surface area contributed by atoms with Crippen LogP contribution in [0.5, 0.6) is 0 Å². The van der Waals surface area contributed by atoms with Crippen molar-refractivity contribution in [3.63, 3.8) is 0 Å². The van der Waals surface area contributed by atoms with E-state index in [0.717, 1.165) is 24.0 Å². The maximum Gasteiger partial charge on any atom is 0.239 e. The fourth-order valence-electron chi connectivity index (χ4n) is 2.66. The van der Waals surface area contributed by atoms with Gasteiger partial charge in [0, 0.05) is 25.4 Å². The first-order chi connectivity index (χ1) is 8.69. The van der Waals surface area contributed by atoms with Crippen LogP contribution in [-0.2, 0) is 0 Å². The first-order valence-corrected chi connectivity index (χ1v) is 6.72. The molecule has 0 amide bonds. The summed E-state index contributed by atoms with van der Waals surface area (Å²) in [7, 11) is 2.09. The van der Waals surface area contributed by atoms with Crippen molar-refractivity contribution in [3.05, 3.63) is 11.8 Å². The Morgan fingerprint density at radius 3 is 2.72 bits per heavy atom. The van der Waals surface area contributed by atoms with Crippen molar-refractivity contribution in [1.29, 1.82) is 0 Å². The van der Waals surface area contributed by atoms with Gasteiger partial charge >= 0.3 is 0 Å². The minimum Gasteiger partial charge on any atom is -0.359 e. The predicted octanol–water partition coefficient (Wildman–Crippen LogP) is 2.09. The van der Waals surface area contributed by atoms with E-state index in [1.165, 1.54) is 32.1 Å². The molecule has 0 saturated heterocycles. The molecule has 1 aromatic heterocycles. The Balaban J connectivity index is 2.02. The van der Waals surface area contributed by atoms with Gasteiger partial charge in [-0.15, -0.1) is 0 Å². The van der Waals surface area contributed by atoms with Crippen LogP contribution in [0.2, 0.25) is 0 Å². The molecule has 18 heavy (non-hydrogen) atoms. The van der Waals surface area contributed by atoms with E-state index in [-0.39, 0.29) is 0 Å². The fourth-order valence-corrected chi connectivity index (χ4v) is 2.66. The van der Waals surface area contributed by atoms with Gasteiger partial charge in [0.1, 0.15) is 5.82 Å². The monoisotopic (exact) mass is 249 g/mol. The summed E-state index contributed by atoms with van der Waals surface area (Å²) >= 11 is 0. The summed E-state index contributed by atoms with van der Waals surface area (Å²) in [6, 6.07) is 2.00. The zero-order valence-corrected chi connectivity index (χ0v) is 11.3. The van der Waals surface area contributed by atoms with E-state index in [1.807, 2.05) is 13.0 Å². The highest BCUT2D eigenvalue weighted by Crippen LogP contribution is 2.25. The average molecular weight is 249 g/mol. The number of nitrogens with two attached hydrogens (primary N) is 1. The van der Waals surface area contributed by atoms with Crippen molar-refractivity contribution in [3.8, 4) is 0 Å². The highest BCUT2D eigenvalue weighted by atomic mass is 15.3. The molecule has 0 atom stereocenters. The second-order valence-corrected chi connectivity index (χ2v) is 5.22. The number of aryl methyl sites for hydroxylation is 1. The highest BCUT2D eigenvalue weighted by Gasteiger charge is 2.16. The Kier molecular flexibility index (Phi) is 4.36. The van der Waals surface area contributed by atoms with Gasteiger partial charge in [-0.3, -0.25) is 5.43 Å². The summed E-state index contributed by atoms with van der Waals surface area (Å²) in [5.74, 6) is 7.61. The molecule has 0 spiro atoms. The number of rotatable bonds is 4. The lowest BCUT2D eigenvalue weighted by Crippen LogP contribution is -2.28. The zero-order chi connectivity index (χ0) is 13.0. The molecular weight excluding hydrogens is 226 g/mol. The number of nitrogens with one attached hydrogen (secondary N) is 1. The first kappa shape index (κ1) is 13.1. The molecule has 1 fully saturated rings. The number of nitrogens with zero attached hydrogens (tertiary/aromatic N) is 3. The van der Waals surface area contributed by atoms with E-state index >= 15 is 0 Å². The molecule has 1 saturated carbocycles. The topological polar surface area (TPSA) is 67.1 Å². The van der Waals surface area contributed by atoms with E-state index in [0.29, 0.717) is 5.95 Å². The molecule has 100 valence electrons. The maximum atomic E-state index is 5.38. The van der Waals surface area contributed by atoms with Gasteiger partial charge in [0.25, 0.3) is 0 Å². The van der Waals surface area contributed by atoms with E-state index < -0.39 is 0 Å². The molecular formula is C13H23N5. The Morgan fingerprint density at radius 1 is 1.33 bits per heavy atom. The van der Waals surface area contributed by atoms with Crippen molar-refractivity contribution in [1.82, 2.24) is 9.97 Å². The average Bonchev–Trinajstić information content (AvgIpc) is 2.39. The highest BCUT2D eigenvalue weighted by molar-refractivity contribution is 5.43. The third-order valence-electron chi connectivity index (χ3n) is 3.62. The Bertz CT molecular complexity index is 387. The first-order valence-electron chi connectivity index (χ1n) is 6.72. The largest absolute Gasteiger partial charge is 0.359 e. The molecule has 5 heteroatoms. The molecule has 1 heterocycles. The van der Waals surface area contributed by atoms with Gasteiger partial charge in [-0.05, 0) is 25.7 Å². The van der Waals surface area contributed by atoms with Gasteiger partial charge in [-0.2, -0.15) is 4.98 Å². The Labute approximate surface area is 109 Å². The van der Waals surface area contributed by atoms with Crippen LogP contribution >= 0.6 is 0 Å². The van der Waals surface area contributed by atoms with Crippen molar-refractivity contribution >= 4 is 11.8 Å². The summed E-state index contributed by atoms with van der Waals surface area (Å²) in [6.45, 7) is 3.03. The van der Waals surface area contributed by atoms with Gasteiger partial charge < -0.3 is 4.90 Å². The Morgan fingerprint density at radius 2 is 2.06 bits per heavy atom. The number of hydrogen-bond donors (Lipinski definition) is 2. The maximum absolute atomic E-state index is 5.38. The normalized spacial score (nSPS) is 16.6. The minimum absolute atomic E-state index is 0.487. The number of hydrazine groups is 1. The summed E-state index contributed by atoms with van der Waals surface area (Å²) in [5, 5.41) is 0. The predicted molar refractivity (Wildman–Crippen MR) is 74.4 cm³/mol. The molecule has 5 nitrogen and oxygen atoms in total. The van der Waals surface area contributed by atoms with Crippen LogP contribution in [0.1, 0.15) is 37.8 Å². The molecule has 0 aliphatic heterocycles. The van der Waals surface area contributed by atoms with Crippen molar-refractivity contribution in [2.75, 3.05) is 23.9 Å². The molecule has 0 radical (unpaired) electrons. The second kappa shape index (κ2) is 6.00. The van der Waals surface area contributed by atoms with Gasteiger partial charge in [-0.25, -0.2) is 10.8 Å². The molecule has 3 N–H and O–H groups in total. The number of anilines is 2. The summed E-state index contributed by atoms with van der Waals surface area (Å²) < 4.78 is 0. The van der Waals surface area contributed by atoms with Crippen LogP contribution in [0.3, 0.4) is 0 Å². The van der Waals surface area contributed by atoms with Crippen LogP contribution in [0.15, 0.2) is 6.07 Å². The van der Waals surface area contributed by atoms with Crippen molar-refractivity contribution in [2.45, 2.75) is 39.0 Å². The van der Waals surface area contributed by atoms with Crippen LogP contribution in [0.25, 0.3) is 0 Å². The summed E-state index contributed by atoms with van der Waals surface area (Å²) in [6.07, 6.45) is 6.83. The lowest BCUT2D eigenvalue weighted by atomic mass is 9.89. The fraction of sp³-hybridized carbons (Fsp3) is 0.692. The molecule has 1 aliphatic carbocycles. The number of aromatic nitrogens is 2. The molecule has 1 aromatic rings. The zero-order valence-electron chi connectivity index (χ0n) is 11.3. The SMILES string of the molecule is Cc1cc(N(C)CC2CCCCC2)nc(NN)n1. The number of hydrogen-bond acceptors (Lipinski definition) is 5. The quantitative estimate of drug-likeness (QED) is 0.632. The van der Waals surface area contributed by atoms with E-state index in [2.05, 4.69) is 27.3 Å². The third kappa shape index (κ3) is 3.32. The molecule has 0 bridgehead atoms. The van der Waals surface area contributed by atoms with Crippen LogP contribution < -0.4 is 16.2 Å². The van der Waals surface area contributed by atoms with E-state index in [1.54, 1.807) is 0 Å². The third-order valence-corrected chi connectivity index (χ3v) is 3.62. The summed E-state index contributed by atoms with van der Waals surface area (Å²) in [5.41, 5.74) is 3.45. The summed E-state index contributed by atoms with van der Waals surface area (Å²) in [4.78, 5) is 10.8. The van der Waals surface area contributed by atoms with Gasteiger partial charge in [0.05, 0.1) is 0 Å². The van der Waals surface area contributed by atoms with Crippen LogP contribution in [0, 0.1) is 12.8 Å². The minimum atomic E-state index is 0.487. The molecule has 0 aromatic carbocycles. The molecule has 0 unspecified atom stereocenters. The van der Waals surface area contributed by atoms with Crippen molar-refractivity contribution in [2.24, 2.45) is 11.8 Å². The van der Waals surface area contributed by atoms with E-state index in [4.69, 9.17) is 5.84 Å². The molecule has 1 aliphatic rings. The van der Waals surface area contributed by atoms with Gasteiger partial charge in [0.15, 0.2) is 0 Å². The van der Waals surface area contributed by atoms with E-state index in [9.17, 15) is 0 Å². The lowest BCUT2D eigenvalue weighted by molar-refractivity contribution is 0.361. The number of nitrogen functional groups attached to an aromatic ring is 1. The second-order valence-electron chi connectivity index (χ2n) is 5.22. The lowest BCUT2D eigenvalue weighted by Gasteiger charge is -2.27. The smallest absolute Gasteiger partial charge is 0.239 e. The van der Waals surface area contributed by atoms with Crippen LogP contribution in [0.4, 0.5) is 11.8 Å². The van der Waals surface area contributed by atoms with Gasteiger partial charge in [0.2, 0.25) is 5.95 Å². The van der Waals surface area contributed by atoms with Gasteiger partial charge in [-0.1, -0.05) is 19.3 Å². The van der Waals surface area contributed by atoms with Crippen molar-refractivity contribution < 1.29 is 0 Å². The standard InChI is InChI=1S/C13H23N5/c1-10-8-12(16-13(15-10)17-14)18(2)9-11-6-4-3-5-7-11/h8,11H,3-7,9,14H2,1-2H3,(H,15,16,17). The molecule has 2 rings (SSSR count). The Hall–Kier alpha value is -1.36.